The van der Waals surface area contributed by atoms with E-state index in [-0.39, 0.29) is 6.61 Å². The fourth-order valence-electron chi connectivity index (χ4n) is 1.21. The molecule has 0 unspecified atom stereocenters. The molecule has 20 heavy (non-hydrogen) atoms. The fourth-order valence-corrected chi connectivity index (χ4v) is 1.21. The Labute approximate surface area is 118 Å². The average molecular weight is 289 g/mol. The molecule has 0 aliphatic rings. The number of carboxylic acid groups (broad SMARTS) is 1. The van der Waals surface area contributed by atoms with Crippen LogP contribution in [0.15, 0.2) is 0 Å². The highest BCUT2D eigenvalue weighted by molar-refractivity contribution is 5.85. The second-order valence-electron chi connectivity index (χ2n) is 5.32. The summed E-state index contributed by atoms with van der Waals surface area (Å²) in [4.78, 5) is 33.9. The quantitative estimate of drug-likeness (QED) is 0.546. The highest BCUT2D eigenvalue weighted by Crippen LogP contribution is 2.07. The zero-order chi connectivity index (χ0) is 15.8. The summed E-state index contributed by atoms with van der Waals surface area (Å²) in [5, 5.41) is 11.1. The molecule has 0 heterocycles. The van der Waals surface area contributed by atoms with Gasteiger partial charge in [-0.25, -0.2) is 9.59 Å². The van der Waals surface area contributed by atoms with Crippen molar-refractivity contribution in [1.82, 2.24) is 5.32 Å². The number of amides is 1. The molecule has 0 saturated carbocycles. The van der Waals surface area contributed by atoms with Crippen LogP contribution >= 0.6 is 0 Å². The zero-order valence-corrected chi connectivity index (χ0v) is 12.4. The van der Waals surface area contributed by atoms with Gasteiger partial charge in [0.1, 0.15) is 11.6 Å². The highest BCUT2D eigenvalue weighted by Gasteiger charge is 2.26. The van der Waals surface area contributed by atoms with Gasteiger partial charge in [0, 0.05) is 0 Å². The monoisotopic (exact) mass is 289 g/mol. The number of alkyl carbamates (subject to hydrolysis) is 1. The molecular weight excluding hydrogens is 266 g/mol. The predicted molar refractivity (Wildman–Crippen MR) is 71.3 cm³/mol. The summed E-state index contributed by atoms with van der Waals surface area (Å²) in [7, 11) is 0. The Morgan fingerprint density at radius 3 is 2.30 bits per heavy atom. The third-order valence-electron chi connectivity index (χ3n) is 2.12. The average Bonchev–Trinajstić information content (AvgIpc) is 2.25. The smallest absolute Gasteiger partial charge is 0.408 e. The van der Waals surface area contributed by atoms with Crippen molar-refractivity contribution in [1.29, 1.82) is 0 Å². The number of unbranched alkanes of at least 4 members (excludes halogenated alkanes) is 1. The van der Waals surface area contributed by atoms with Gasteiger partial charge in [0.25, 0.3) is 0 Å². The number of carbonyl (C=O) groups is 3. The van der Waals surface area contributed by atoms with Crippen molar-refractivity contribution in [2.24, 2.45) is 0 Å². The van der Waals surface area contributed by atoms with Gasteiger partial charge in [-0.05, 0) is 27.2 Å². The van der Waals surface area contributed by atoms with E-state index in [9.17, 15) is 14.4 Å². The first-order valence-electron chi connectivity index (χ1n) is 6.53. The maximum absolute atomic E-state index is 11.5. The van der Waals surface area contributed by atoms with Crippen LogP contribution in [0.3, 0.4) is 0 Å². The van der Waals surface area contributed by atoms with Crippen LogP contribution in [0, 0.1) is 0 Å². The molecule has 0 aromatic carbocycles. The number of rotatable bonds is 7. The van der Waals surface area contributed by atoms with Gasteiger partial charge in [-0.2, -0.15) is 0 Å². The molecule has 0 bridgehead atoms. The lowest BCUT2D eigenvalue weighted by Gasteiger charge is -2.21. The Kier molecular flexibility index (Phi) is 7.64. The number of ether oxygens (including phenoxy) is 2. The molecule has 0 spiro atoms. The lowest BCUT2D eigenvalue weighted by molar-refractivity contribution is -0.149. The van der Waals surface area contributed by atoms with Gasteiger partial charge in [-0.1, -0.05) is 13.3 Å². The van der Waals surface area contributed by atoms with Crippen LogP contribution in [0.1, 0.15) is 47.0 Å². The standard InChI is InChI=1S/C13H23NO6/c1-5-6-7-19-10(15)8-9(11(16)17)14-12(18)20-13(2,3)4/h9H,5-8H2,1-4H3,(H,14,18)(H,16,17)/t9-/m1/s1. The van der Waals surface area contributed by atoms with Gasteiger partial charge >= 0.3 is 18.0 Å². The van der Waals surface area contributed by atoms with Gasteiger partial charge in [0.05, 0.1) is 13.0 Å². The highest BCUT2D eigenvalue weighted by atomic mass is 16.6. The number of carbonyl (C=O) groups excluding carboxylic acids is 2. The SMILES string of the molecule is CCCCOC(=O)C[C@@H](NC(=O)OC(C)(C)C)C(=O)O. The first-order valence-corrected chi connectivity index (χ1v) is 6.53. The van der Waals surface area contributed by atoms with Crippen molar-refractivity contribution in [2.45, 2.75) is 58.6 Å². The van der Waals surface area contributed by atoms with E-state index < -0.39 is 36.1 Å². The van der Waals surface area contributed by atoms with E-state index >= 15 is 0 Å². The summed E-state index contributed by atoms with van der Waals surface area (Å²) >= 11 is 0. The minimum Gasteiger partial charge on any atom is -0.480 e. The number of hydrogen-bond acceptors (Lipinski definition) is 5. The maximum atomic E-state index is 11.5. The van der Waals surface area contributed by atoms with Gasteiger partial charge in [0.2, 0.25) is 0 Å². The third kappa shape index (κ3) is 9.18. The van der Waals surface area contributed by atoms with Crippen LogP contribution in [-0.4, -0.2) is 41.4 Å². The predicted octanol–water partition coefficient (Wildman–Crippen LogP) is 1.70. The van der Waals surface area contributed by atoms with E-state index in [0.717, 1.165) is 6.42 Å². The van der Waals surface area contributed by atoms with Gasteiger partial charge in [-0.15, -0.1) is 0 Å². The van der Waals surface area contributed by atoms with E-state index in [0.29, 0.717) is 6.42 Å². The lowest BCUT2D eigenvalue weighted by atomic mass is 10.2. The summed E-state index contributed by atoms with van der Waals surface area (Å²) in [5.41, 5.74) is -0.741. The van der Waals surface area contributed by atoms with E-state index in [4.69, 9.17) is 14.6 Å². The molecule has 0 aromatic heterocycles. The van der Waals surface area contributed by atoms with Crippen molar-refractivity contribution in [3.8, 4) is 0 Å². The zero-order valence-electron chi connectivity index (χ0n) is 12.4. The van der Waals surface area contributed by atoms with E-state index in [1.165, 1.54) is 0 Å². The molecular formula is C13H23NO6. The summed E-state index contributed by atoms with van der Waals surface area (Å²) in [5.74, 6) is -1.98. The van der Waals surface area contributed by atoms with E-state index in [1.807, 2.05) is 6.92 Å². The van der Waals surface area contributed by atoms with Gasteiger partial charge < -0.3 is 19.9 Å². The van der Waals surface area contributed by atoms with Crippen molar-refractivity contribution in [3.63, 3.8) is 0 Å². The molecule has 0 radical (unpaired) electrons. The van der Waals surface area contributed by atoms with E-state index in [1.54, 1.807) is 20.8 Å². The fraction of sp³-hybridized carbons (Fsp3) is 0.769. The van der Waals surface area contributed by atoms with Gasteiger partial charge in [0.15, 0.2) is 0 Å². The van der Waals surface area contributed by atoms with Crippen LogP contribution in [0.4, 0.5) is 4.79 Å². The topological polar surface area (TPSA) is 102 Å². The molecule has 7 heteroatoms. The minimum atomic E-state index is -1.36. The van der Waals surface area contributed by atoms with Crippen molar-refractivity contribution < 1.29 is 29.0 Å². The number of hydrogen-bond donors (Lipinski definition) is 2. The molecule has 116 valence electrons. The Morgan fingerprint density at radius 2 is 1.85 bits per heavy atom. The first-order chi connectivity index (χ1) is 9.15. The second kappa shape index (κ2) is 8.39. The molecule has 0 rings (SSSR count). The normalized spacial score (nSPS) is 12.4. The largest absolute Gasteiger partial charge is 0.480 e. The van der Waals surface area contributed by atoms with Crippen LogP contribution in [-0.2, 0) is 19.1 Å². The Balaban J connectivity index is 4.33. The molecule has 0 aliphatic heterocycles. The summed E-state index contributed by atoms with van der Waals surface area (Å²) in [6, 6.07) is -1.36. The maximum Gasteiger partial charge on any atom is 0.408 e. The molecule has 1 atom stereocenters. The molecule has 2 N–H and O–H groups in total. The summed E-state index contributed by atoms with van der Waals surface area (Å²) in [6.45, 7) is 7.15. The molecule has 0 saturated heterocycles. The Morgan fingerprint density at radius 1 is 1.25 bits per heavy atom. The molecule has 1 amide bonds. The number of esters is 1. The van der Waals surface area contributed by atoms with Crippen molar-refractivity contribution >= 4 is 18.0 Å². The lowest BCUT2D eigenvalue weighted by Crippen LogP contribution is -2.44. The molecule has 0 fully saturated rings. The number of nitrogens with one attached hydrogen (secondary N) is 1. The summed E-state index contributed by atoms with van der Waals surface area (Å²) < 4.78 is 9.78. The number of aliphatic carboxylic acids is 1. The minimum absolute atomic E-state index is 0.244. The van der Waals surface area contributed by atoms with Crippen LogP contribution in [0.25, 0.3) is 0 Å². The molecule has 0 aromatic rings. The third-order valence-corrected chi connectivity index (χ3v) is 2.12. The molecule has 0 aliphatic carbocycles. The van der Waals surface area contributed by atoms with Gasteiger partial charge in [-0.3, -0.25) is 4.79 Å². The number of carboxylic acids is 1. The second-order valence-corrected chi connectivity index (χ2v) is 5.32. The van der Waals surface area contributed by atoms with Crippen molar-refractivity contribution in [2.75, 3.05) is 6.61 Å². The van der Waals surface area contributed by atoms with Crippen LogP contribution in [0.5, 0.6) is 0 Å². The van der Waals surface area contributed by atoms with Crippen LogP contribution in [0.2, 0.25) is 0 Å². The Hall–Kier alpha value is -1.79. The Bertz CT molecular complexity index is 347. The van der Waals surface area contributed by atoms with Crippen LogP contribution < -0.4 is 5.32 Å². The summed E-state index contributed by atoms with van der Waals surface area (Å²) in [6.07, 6.45) is 0.263. The molecule has 7 nitrogen and oxygen atoms in total. The van der Waals surface area contributed by atoms with E-state index in [2.05, 4.69) is 5.32 Å². The first kappa shape index (κ1) is 18.2. The van der Waals surface area contributed by atoms with Crippen molar-refractivity contribution in [3.05, 3.63) is 0 Å².